The van der Waals surface area contributed by atoms with Gasteiger partial charge in [0.15, 0.2) is 0 Å². The van der Waals surface area contributed by atoms with E-state index in [0.29, 0.717) is 66.8 Å². The molecular formula is C62H70F2N8O8Si. The van der Waals surface area contributed by atoms with Crippen molar-refractivity contribution < 1.29 is 47.3 Å². The van der Waals surface area contributed by atoms with Gasteiger partial charge in [-0.05, 0) is 93.3 Å². The van der Waals surface area contributed by atoms with E-state index in [1.54, 1.807) is 42.7 Å². The van der Waals surface area contributed by atoms with Gasteiger partial charge in [0.2, 0.25) is 0 Å². The molecule has 81 heavy (non-hydrogen) atoms. The van der Waals surface area contributed by atoms with Gasteiger partial charge >= 0.3 is 20.5 Å². The first kappa shape index (κ1) is 59.4. The van der Waals surface area contributed by atoms with Crippen molar-refractivity contribution in [2.24, 2.45) is 0 Å². The van der Waals surface area contributed by atoms with Crippen molar-refractivity contribution in [2.75, 3.05) is 6.61 Å². The number of rotatable bonds is 19. The van der Waals surface area contributed by atoms with Crippen LogP contribution in [0.1, 0.15) is 87.0 Å². The number of carbonyl (C=O) groups is 2. The largest absolute Gasteiger partial charge is 0.481 e. The van der Waals surface area contributed by atoms with Crippen LogP contribution >= 0.6 is 0 Å². The minimum Gasteiger partial charge on any atom is -0.481 e. The van der Waals surface area contributed by atoms with E-state index in [2.05, 4.69) is 66.0 Å². The normalized spacial score (nSPS) is 16.0. The highest BCUT2D eigenvalue weighted by molar-refractivity contribution is 6.73. The number of nitrogens with zero attached hydrogens (tertiary/aromatic N) is 8. The van der Waals surface area contributed by atoms with Gasteiger partial charge in [-0.3, -0.25) is 9.59 Å². The summed E-state index contributed by atoms with van der Waals surface area (Å²) in [7, 11) is -2.94. The van der Waals surface area contributed by atoms with Gasteiger partial charge in [-0.25, -0.2) is 38.7 Å². The van der Waals surface area contributed by atoms with Crippen molar-refractivity contribution in [1.29, 1.82) is 0 Å². The number of aliphatic hydroxyl groups excluding tert-OH is 2. The predicted octanol–water partition coefficient (Wildman–Crippen LogP) is 12.2. The summed E-state index contributed by atoms with van der Waals surface area (Å²) in [5, 5.41) is 28.8. The number of aliphatic hydroxyl groups is 2. The molecule has 0 aliphatic carbocycles. The zero-order valence-electron chi connectivity index (χ0n) is 46.7. The van der Waals surface area contributed by atoms with E-state index in [9.17, 15) is 28.6 Å². The average molecular weight is 1120 g/mol. The molecule has 3 N–H and O–H groups in total. The van der Waals surface area contributed by atoms with Crippen LogP contribution in [-0.4, -0.2) is 106 Å². The fourth-order valence-corrected chi connectivity index (χ4v) is 15.7. The average Bonchev–Trinajstić information content (AvgIpc) is 4.24. The van der Waals surface area contributed by atoms with Crippen LogP contribution in [0.25, 0.3) is 68.1 Å². The first-order valence-corrected chi connectivity index (χ1v) is 29.0. The number of imidazole rings is 2. The smallest absolute Gasteiger partial charge is 0.349 e. The molecule has 0 bridgehead atoms. The fourth-order valence-electron chi connectivity index (χ4n) is 10.7. The Labute approximate surface area is 472 Å². The second-order valence-electron chi connectivity index (χ2n) is 22.1. The van der Waals surface area contributed by atoms with Crippen LogP contribution in [0.3, 0.4) is 0 Å². The van der Waals surface area contributed by atoms with E-state index in [-0.39, 0.29) is 59.2 Å². The number of benzene rings is 4. The molecule has 19 heteroatoms. The van der Waals surface area contributed by atoms with Crippen LogP contribution < -0.4 is 0 Å². The molecule has 8 aromatic rings. The lowest BCUT2D eigenvalue weighted by atomic mass is 10.1. The molecule has 4 aromatic heterocycles. The van der Waals surface area contributed by atoms with Gasteiger partial charge in [0.05, 0.1) is 66.6 Å². The highest BCUT2D eigenvalue weighted by Gasteiger charge is 2.62. The van der Waals surface area contributed by atoms with E-state index in [1.165, 1.54) is 36.9 Å². The second-order valence-corrected chi connectivity index (χ2v) is 26.8. The molecular weight excluding hydrogens is 1050 g/mol. The molecule has 1 fully saturated rings. The van der Waals surface area contributed by atoms with Crippen LogP contribution in [0.2, 0.25) is 10.1 Å². The molecule has 4 aromatic carbocycles. The Balaban J connectivity index is 0.000000220. The zero-order chi connectivity index (χ0) is 57.9. The molecule has 1 saturated heterocycles. The lowest BCUT2D eigenvalue weighted by Gasteiger charge is -2.55. The molecule has 0 radical (unpaired) electrons. The van der Waals surface area contributed by atoms with E-state index >= 15 is 0 Å². The molecule has 1 aliphatic heterocycles. The van der Waals surface area contributed by atoms with Crippen molar-refractivity contribution in [3.63, 3.8) is 0 Å². The molecule has 4 atom stereocenters. The number of aromatic nitrogens is 8. The highest BCUT2D eigenvalue weighted by atomic mass is 28.4. The summed E-state index contributed by atoms with van der Waals surface area (Å²) in [6.45, 7) is 16.1. The maximum atomic E-state index is 14.1. The van der Waals surface area contributed by atoms with Crippen molar-refractivity contribution in [1.82, 2.24) is 39.0 Å². The van der Waals surface area contributed by atoms with Crippen LogP contribution in [0, 0.1) is 11.6 Å². The van der Waals surface area contributed by atoms with E-state index < -0.39 is 33.2 Å². The molecule has 1 aliphatic rings. The molecule has 5 heterocycles. The third-order valence-electron chi connectivity index (χ3n) is 14.1. The lowest BCUT2D eigenvalue weighted by molar-refractivity contribution is -0.147. The van der Waals surface area contributed by atoms with Crippen molar-refractivity contribution >= 4 is 20.5 Å². The summed E-state index contributed by atoms with van der Waals surface area (Å²) in [5.41, 5.74) is 7.41. The number of aliphatic carboxylic acids is 1. The zero-order valence-corrected chi connectivity index (χ0v) is 47.7. The van der Waals surface area contributed by atoms with Gasteiger partial charge in [-0.1, -0.05) is 102 Å². The Kier molecular flexibility index (Phi) is 19.3. The van der Waals surface area contributed by atoms with E-state index in [4.69, 9.17) is 28.7 Å². The van der Waals surface area contributed by atoms with Gasteiger partial charge in [0.1, 0.15) is 47.3 Å². The Morgan fingerprint density at radius 2 is 1.12 bits per heavy atom. The Morgan fingerprint density at radius 3 is 1.56 bits per heavy atom. The predicted molar refractivity (Wildman–Crippen MR) is 307 cm³/mol. The number of hydrogen-bond acceptors (Lipinski definition) is 13. The Morgan fingerprint density at radius 1 is 0.654 bits per heavy atom. The summed E-state index contributed by atoms with van der Waals surface area (Å²) in [5.74, 6) is -0.646. The lowest BCUT2D eigenvalue weighted by Crippen LogP contribution is -2.63. The van der Waals surface area contributed by atoms with Gasteiger partial charge in [-0.15, -0.1) is 0 Å². The molecule has 0 unspecified atom stereocenters. The molecule has 424 valence electrons. The first-order chi connectivity index (χ1) is 38.7. The summed E-state index contributed by atoms with van der Waals surface area (Å²) in [6, 6.07) is 35.7. The summed E-state index contributed by atoms with van der Waals surface area (Å²) >= 11 is 0. The number of ether oxygens (including phenoxy) is 1. The standard InChI is InChI=1S/C36H45FN4O4Si.C26H25FN4O4/c1-8-43-31(42)23-29-22-28(44-46(45-29,35(2,3)4)36(5,6)7)19-21-41-33(25-14-16-27(37)17-15-25)32(30-18-20-38-24-39-30)40-34(41)26-12-10-9-11-13-26;27-19-8-6-17(7-9-19)25-24(22-10-12-28-16-29-22)30-26(18-4-2-1-3-5-18)31(25)13-11-20(32)14-21(33)15-23(34)35/h9-18,20,24,28-29H,8,19,21-23H2,1-7H3;1-10,12,16,20-21,32-33H,11,13-15H2,(H,34,35)/t28-,29-;20-,21-/m00/s1. The Hall–Kier alpha value is -7.68. The topological polar surface area (TPSA) is 210 Å². The third-order valence-corrected chi connectivity index (χ3v) is 19.3. The molecule has 0 amide bonds. The fraction of sp³-hybridized carbons (Fsp3) is 0.355. The minimum atomic E-state index is -2.94. The molecule has 0 spiro atoms. The monoisotopic (exact) mass is 1120 g/mol. The molecule has 16 nitrogen and oxygen atoms in total. The first-order valence-electron chi connectivity index (χ1n) is 27.2. The maximum Gasteiger partial charge on any atom is 0.349 e. The summed E-state index contributed by atoms with van der Waals surface area (Å²) < 4.78 is 51.4. The van der Waals surface area contributed by atoms with Crippen molar-refractivity contribution in [3.05, 3.63) is 158 Å². The van der Waals surface area contributed by atoms with Crippen LogP contribution in [0.5, 0.6) is 0 Å². The van der Waals surface area contributed by atoms with Gasteiger partial charge < -0.3 is 38.0 Å². The molecule has 0 saturated carbocycles. The van der Waals surface area contributed by atoms with Gasteiger partial charge in [0.25, 0.3) is 0 Å². The van der Waals surface area contributed by atoms with E-state index in [0.717, 1.165) is 33.8 Å². The maximum absolute atomic E-state index is 14.1. The highest BCUT2D eigenvalue weighted by Crippen LogP contribution is 2.56. The van der Waals surface area contributed by atoms with Crippen LogP contribution in [-0.2, 0) is 36.3 Å². The summed E-state index contributed by atoms with van der Waals surface area (Å²) in [6.07, 6.45) is 4.84. The van der Waals surface area contributed by atoms with E-state index in [1.807, 2.05) is 78.2 Å². The number of carboxylic acid groups (broad SMARTS) is 1. The Bertz CT molecular complexity index is 3310. The minimum absolute atomic E-state index is 0.0632. The number of halogens is 2. The number of esters is 1. The second kappa shape index (κ2) is 26.3. The third kappa shape index (κ3) is 14.4. The molecule has 9 rings (SSSR count). The van der Waals surface area contributed by atoms with Crippen LogP contribution in [0.4, 0.5) is 8.78 Å². The number of hydrogen-bond donors (Lipinski definition) is 3. The summed E-state index contributed by atoms with van der Waals surface area (Å²) in [4.78, 5) is 50.6. The quantitative estimate of drug-likeness (QED) is 0.0508. The number of carbonyl (C=O) groups excluding carboxylic acids is 1. The van der Waals surface area contributed by atoms with Gasteiger partial charge in [-0.2, -0.15) is 0 Å². The van der Waals surface area contributed by atoms with Crippen molar-refractivity contribution in [3.8, 4) is 68.1 Å². The number of carboxylic acids is 1. The van der Waals surface area contributed by atoms with Gasteiger partial charge in [0, 0.05) is 57.8 Å². The van der Waals surface area contributed by atoms with Crippen LogP contribution in [0.15, 0.2) is 146 Å². The SMILES string of the molecule is CCOC(=O)C[C@@H]1C[C@H](CCn2c(-c3ccccc3)nc(-c3ccncn3)c2-c2ccc(F)cc2)O[Si](C(C)(C)C)(C(C)(C)C)O1.O=C(O)C[C@@H](O)C[C@@H](O)CCn1c(-c2ccccc2)nc(-c2ccncn2)c1-c1ccc(F)cc1. The van der Waals surface area contributed by atoms with Crippen molar-refractivity contribution in [2.45, 2.75) is 135 Å².